The minimum absolute atomic E-state index is 0.613. The molecule has 11 heavy (non-hydrogen) atoms. The second kappa shape index (κ2) is 4.23. The average Bonchev–Trinajstić information content (AvgIpc) is 1.87. The maximum Gasteiger partial charge on any atom is 0.121 e. The summed E-state index contributed by atoms with van der Waals surface area (Å²) in [5, 5.41) is 0. The van der Waals surface area contributed by atoms with Gasteiger partial charge in [-0.25, -0.2) is 8.78 Å². The Bertz CT molecular complexity index is 147. The van der Waals surface area contributed by atoms with Crippen molar-refractivity contribution in [2.24, 2.45) is 0 Å². The van der Waals surface area contributed by atoms with Crippen molar-refractivity contribution in [3.8, 4) is 0 Å². The van der Waals surface area contributed by atoms with Crippen LogP contribution in [0, 0.1) is 0 Å². The first-order chi connectivity index (χ1) is 4.95. The fourth-order valence-electron chi connectivity index (χ4n) is 0.454. The van der Waals surface area contributed by atoms with Crippen molar-refractivity contribution < 1.29 is 13.5 Å². The smallest absolute Gasteiger partial charge is 0.121 e. The minimum Gasteiger partial charge on any atom is -0.361 e. The molecule has 0 aliphatic rings. The molecule has 0 fully saturated rings. The molecule has 2 atom stereocenters. The van der Waals surface area contributed by atoms with Crippen LogP contribution in [-0.4, -0.2) is 12.2 Å². The molecule has 0 amide bonds. The van der Waals surface area contributed by atoms with E-state index in [4.69, 9.17) is 4.74 Å². The number of ether oxygens (including phenoxy) is 1. The zero-order chi connectivity index (χ0) is 9.02. The monoisotopic (exact) mass is 162 g/mol. The van der Waals surface area contributed by atoms with Gasteiger partial charge in [0.05, 0.1) is 0 Å². The van der Waals surface area contributed by atoms with Crippen LogP contribution in [0.2, 0.25) is 0 Å². The number of hydrogen-bond acceptors (Lipinski definition) is 1. The molecule has 0 aliphatic carbocycles. The van der Waals surface area contributed by atoms with E-state index >= 15 is 0 Å². The Morgan fingerprint density at radius 1 is 1.09 bits per heavy atom. The molecule has 0 saturated carbocycles. The summed E-state index contributed by atoms with van der Waals surface area (Å²) in [6.45, 7) is 8.97. The summed E-state index contributed by atoms with van der Waals surface area (Å²) in [6, 6.07) is 0. The third-order valence-corrected chi connectivity index (χ3v) is 1.29. The highest BCUT2D eigenvalue weighted by Crippen LogP contribution is 2.12. The molecule has 0 N–H and O–H groups in total. The second-order valence-corrected chi connectivity index (χ2v) is 2.31. The third kappa shape index (κ3) is 3.88. The van der Waals surface area contributed by atoms with Gasteiger partial charge in [-0.2, -0.15) is 0 Å². The highest BCUT2D eigenvalue weighted by molar-refractivity contribution is 4.93. The zero-order valence-corrected chi connectivity index (χ0v) is 6.73. The topological polar surface area (TPSA) is 9.23 Å². The van der Waals surface area contributed by atoms with E-state index in [1.54, 1.807) is 0 Å². The Hall–Kier alpha value is -0.700. The van der Waals surface area contributed by atoms with Crippen LogP contribution in [0.4, 0.5) is 8.78 Å². The van der Waals surface area contributed by atoms with Crippen LogP contribution in [0.1, 0.15) is 13.8 Å². The third-order valence-electron chi connectivity index (χ3n) is 1.29. The van der Waals surface area contributed by atoms with E-state index in [1.807, 2.05) is 0 Å². The highest BCUT2D eigenvalue weighted by Gasteiger charge is 2.13. The fourth-order valence-corrected chi connectivity index (χ4v) is 0.454. The first-order valence-electron chi connectivity index (χ1n) is 3.29. The van der Waals surface area contributed by atoms with Crippen LogP contribution in [0.25, 0.3) is 0 Å². The zero-order valence-electron chi connectivity index (χ0n) is 6.73. The van der Waals surface area contributed by atoms with Crippen molar-refractivity contribution in [2.75, 3.05) is 0 Å². The maximum atomic E-state index is 12.2. The lowest BCUT2D eigenvalue weighted by molar-refractivity contribution is 0.0266. The quantitative estimate of drug-likeness (QED) is 0.617. The van der Waals surface area contributed by atoms with Gasteiger partial charge in [-0.1, -0.05) is 13.2 Å². The summed E-state index contributed by atoms with van der Waals surface area (Å²) in [5.41, 5.74) is 0. The van der Waals surface area contributed by atoms with Gasteiger partial charge in [0.1, 0.15) is 23.9 Å². The van der Waals surface area contributed by atoms with Crippen molar-refractivity contribution in [3.05, 3.63) is 24.8 Å². The number of rotatable bonds is 4. The molecule has 64 valence electrons. The van der Waals surface area contributed by atoms with Crippen LogP contribution >= 0.6 is 0 Å². The highest BCUT2D eigenvalue weighted by atomic mass is 19.1. The van der Waals surface area contributed by atoms with E-state index < -0.39 is 23.9 Å². The summed E-state index contributed by atoms with van der Waals surface area (Å²) in [7, 11) is 0. The second-order valence-electron chi connectivity index (χ2n) is 2.31. The Labute approximate surface area is 65.4 Å². The summed E-state index contributed by atoms with van der Waals surface area (Å²) in [4.78, 5) is 0. The number of hydrogen-bond donors (Lipinski definition) is 0. The largest absolute Gasteiger partial charge is 0.361 e. The molecule has 1 nitrogen and oxygen atoms in total. The van der Waals surface area contributed by atoms with Crippen LogP contribution in [0.5, 0.6) is 0 Å². The molecule has 0 spiro atoms. The lowest BCUT2D eigenvalue weighted by Gasteiger charge is -2.15. The van der Waals surface area contributed by atoms with Gasteiger partial charge in [0.15, 0.2) is 0 Å². The van der Waals surface area contributed by atoms with Crippen molar-refractivity contribution in [2.45, 2.75) is 26.1 Å². The van der Waals surface area contributed by atoms with Crippen LogP contribution in [0.3, 0.4) is 0 Å². The lowest BCUT2D eigenvalue weighted by Crippen LogP contribution is -2.17. The van der Waals surface area contributed by atoms with Crippen molar-refractivity contribution in [1.82, 2.24) is 0 Å². The predicted molar refractivity (Wildman–Crippen MR) is 40.5 cm³/mol. The molecule has 0 bridgehead atoms. The predicted octanol–water partition coefficient (Wildman–Crippen LogP) is 2.75. The summed E-state index contributed by atoms with van der Waals surface area (Å²) in [5.74, 6) is -1.23. The summed E-state index contributed by atoms with van der Waals surface area (Å²) < 4.78 is 29.3. The Balaban J connectivity index is 3.84. The molecule has 0 rings (SSSR count). The average molecular weight is 162 g/mol. The van der Waals surface area contributed by atoms with Crippen molar-refractivity contribution in [1.29, 1.82) is 0 Å². The lowest BCUT2D eigenvalue weighted by atomic mass is 10.3. The van der Waals surface area contributed by atoms with E-state index in [0.717, 1.165) is 0 Å². The van der Waals surface area contributed by atoms with Crippen LogP contribution in [-0.2, 0) is 4.74 Å². The standard InChI is InChI=1S/C8H12F2O/c1-5(9)7(3)11-8(4)6(2)10/h7-8H,1-2H2,3-4H3. The van der Waals surface area contributed by atoms with Gasteiger partial charge in [0.25, 0.3) is 0 Å². The SMILES string of the molecule is C=C(F)C(C)OC(C)C(=C)F. The Morgan fingerprint density at radius 3 is 1.55 bits per heavy atom. The summed E-state index contributed by atoms with van der Waals surface area (Å²) >= 11 is 0. The summed E-state index contributed by atoms with van der Waals surface area (Å²) in [6.07, 6.45) is -1.56. The van der Waals surface area contributed by atoms with Gasteiger partial charge in [-0.05, 0) is 13.8 Å². The van der Waals surface area contributed by atoms with Crippen LogP contribution in [0.15, 0.2) is 24.8 Å². The van der Waals surface area contributed by atoms with E-state index in [-0.39, 0.29) is 0 Å². The number of halogens is 2. The Morgan fingerprint density at radius 2 is 1.36 bits per heavy atom. The van der Waals surface area contributed by atoms with E-state index in [2.05, 4.69) is 13.2 Å². The molecule has 2 unspecified atom stereocenters. The van der Waals surface area contributed by atoms with E-state index in [9.17, 15) is 8.78 Å². The molecule has 0 aromatic heterocycles. The first kappa shape index (κ1) is 10.3. The normalized spacial score (nSPS) is 15.6. The maximum absolute atomic E-state index is 12.2. The van der Waals surface area contributed by atoms with Crippen LogP contribution < -0.4 is 0 Å². The van der Waals surface area contributed by atoms with Crippen molar-refractivity contribution in [3.63, 3.8) is 0 Å². The Kier molecular flexibility index (Phi) is 3.97. The molecule has 0 saturated heterocycles. The van der Waals surface area contributed by atoms with Gasteiger partial charge in [0.2, 0.25) is 0 Å². The van der Waals surface area contributed by atoms with Crippen molar-refractivity contribution >= 4 is 0 Å². The molecular formula is C8H12F2O. The van der Waals surface area contributed by atoms with Gasteiger partial charge in [0, 0.05) is 0 Å². The fraction of sp³-hybridized carbons (Fsp3) is 0.500. The molecule has 0 heterocycles. The van der Waals surface area contributed by atoms with Gasteiger partial charge < -0.3 is 4.74 Å². The molecule has 0 aliphatic heterocycles. The van der Waals surface area contributed by atoms with Gasteiger partial charge in [-0.3, -0.25) is 0 Å². The minimum atomic E-state index is -0.780. The first-order valence-corrected chi connectivity index (χ1v) is 3.29. The molecule has 0 aromatic rings. The van der Waals surface area contributed by atoms with E-state index in [1.165, 1.54) is 13.8 Å². The molecule has 0 aromatic carbocycles. The van der Waals surface area contributed by atoms with Gasteiger partial charge in [-0.15, -0.1) is 0 Å². The van der Waals surface area contributed by atoms with E-state index in [0.29, 0.717) is 0 Å². The molecule has 0 radical (unpaired) electrons. The molecule has 3 heteroatoms. The van der Waals surface area contributed by atoms with Gasteiger partial charge >= 0.3 is 0 Å². The molecular weight excluding hydrogens is 150 g/mol.